The lowest BCUT2D eigenvalue weighted by atomic mass is 10.0. The molecule has 0 amide bonds. The molecule has 42 heavy (non-hydrogen) atoms. The van der Waals surface area contributed by atoms with E-state index < -0.39 is 31.9 Å². The van der Waals surface area contributed by atoms with Gasteiger partial charge in [0, 0.05) is 25.9 Å². The van der Waals surface area contributed by atoms with Crippen molar-refractivity contribution in [1.82, 2.24) is 14.9 Å². The molecule has 1 aromatic rings. The lowest BCUT2D eigenvalue weighted by molar-refractivity contribution is -0.0532. The third-order valence-electron chi connectivity index (χ3n) is 9.22. The number of nitrogens with zero attached hydrogens (tertiary/aromatic N) is 1. The van der Waals surface area contributed by atoms with Crippen LogP contribution in [0, 0.1) is 0 Å². The zero-order chi connectivity index (χ0) is 31.0. The predicted molar refractivity (Wildman–Crippen MR) is 176 cm³/mol. The van der Waals surface area contributed by atoms with Gasteiger partial charge in [-0.15, -0.1) is 0 Å². The predicted octanol–water partition coefficient (Wildman–Crippen LogP) is 7.30. The highest BCUT2D eigenvalue weighted by Crippen LogP contribution is 2.41. The lowest BCUT2D eigenvalue weighted by Crippen LogP contribution is -2.51. The average Bonchev–Trinajstić information content (AvgIpc) is 3.25. The second-order valence-electron chi connectivity index (χ2n) is 13.8. The lowest BCUT2D eigenvalue weighted by Gasteiger charge is -2.40. The summed E-state index contributed by atoms with van der Waals surface area (Å²) in [5.41, 5.74) is -0.939. The van der Waals surface area contributed by atoms with Gasteiger partial charge in [-0.2, -0.15) is 0 Å². The molecule has 0 aromatic carbocycles. The normalized spacial score (nSPS) is 21.3. The molecule has 1 fully saturated rings. The summed E-state index contributed by atoms with van der Waals surface area (Å²) in [5.74, 6) is 0. The second kappa shape index (κ2) is 19.2. The van der Waals surface area contributed by atoms with Crippen molar-refractivity contribution >= 4 is 8.32 Å². The van der Waals surface area contributed by atoms with Gasteiger partial charge in [0.2, 0.25) is 0 Å². The van der Waals surface area contributed by atoms with Gasteiger partial charge in [0.25, 0.3) is 5.56 Å². The molecular weight excluding hydrogens is 546 g/mol. The van der Waals surface area contributed by atoms with Crippen LogP contribution in [0.3, 0.4) is 0 Å². The Morgan fingerprint density at radius 2 is 1.40 bits per heavy atom. The zero-order valence-corrected chi connectivity index (χ0v) is 29.0. The van der Waals surface area contributed by atoms with Crippen molar-refractivity contribution in [3.8, 4) is 0 Å². The molecule has 4 atom stereocenters. The first-order chi connectivity index (χ1) is 20.0. The summed E-state index contributed by atoms with van der Waals surface area (Å²) in [7, 11) is -0.518. The van der Waals surface area contributed by atoms with E-state index in [0.717, 1.165) is 13.0 Å². The number of H-pyrrole nitrogens is 1. The number of nitrogens with one attached hydrogen (secondary N) is 2. The van der Waals surface area contributed by atoms with Crippen molar-refractivity contribution in [2.75, 3.05) is 20.2 Å². The fourth-order valence-corrected chi connectivity index (χ4v) is 6.82. The van der Waals surface area contributed by atoms with Crippen molar-refractivity contribution < 1.29 is 13.9 Å². The van der Waals surface area contributed by atoms with Gasteiger partial charge in [0.1, 0.15) is 18.3 Å². The van der Waals surface area contributed by atoms with E-state index in [0.29, 0.717) is 6.54 Å². The summed E-state index contributed by atoms with van der Waals surface area (Å²) in [5, 5.41) is 3.60. The SMILES string of the molecule is CCCCCCCCCCCCCCCCCNC[C@H]1O[C@@H](n2ccc(=O)[nH]c2=O)[C@H](OC)[C@@H]1O[Si](C)(C)C(C)(C)C. The first-order valence-electron chi connectivity index (χ1n) is 16.9. The van der Waals surface area contributed by atoms with Crippen LogP contribution < -0.4 is 16.6 Å². The molecule has 0 bridgehead atoms. The number of aromatic amines is 1. The highest BCUT2D eigenvalue weighted by atomic mass is 28.4. The van der Waals surface area contributed by atoms with Gasteiger partial charge in [0.05, 0.1) is 0 Å². The maximum atomic E-state index is 12.6. The van der Waals surface area contributed by atoms with Gasteiger partial charge in [-0.25, -0.2) is 4.79 Å². The van der Waals surface area contributed by atoms with E-state index >= 15 is 0 Å². The quantitative estimate of drug-likeness (QED) is 0.106. The maximum absolute atomic E-state index is 12.6. The zero-order valence-electron chi connectivity index (χ0n) is 28.0. The fraction of sp³-hybridized carbons (Fsp3) is 0.879. The van der Waals surface area contributed by atoms with E-state index in [2.05, 4.69) is 51.1 Å². The molecule has 0 aliphatic carbocycles. The van der Waals surface area contributed by atoms with Gasteiger partial charge < -0.3 is 19.2 Å². The fourth-order valence-electron chi connectivity index (χ4n) is 5.50. The number of unbranched alkanes of at least 4 members (excludes halogenated alkanes) is 14. The van der Waals surface area contributed by atoms with Crippen LogP contribution >= 0.6 is 0 Å². The Bertz CT molecular complexity index is 973. The number of hydrogen-bond acceptors (Lipinski definition) is 6. The topological polar surface area (TPSA) is 94.6 Å². The van der Waals surface area contributed by atoms with Crippen LogP contribution in [0.5, 0.6) is 0 Å². The van der Waals surface area contributed by atoms with Crippen molar-refractivity contribution in [1.29, 1.82) is 0 Å². The molecule has 1 aromatic heterocycles. The third-order valence-corrected chi connectivity index (χ3v) is 13.7. The highest BCUT2D eigenvalue weighted by molar-refractivity contribution is 6.74. The standard InChI is InChI=1S/C33H63N3O5Si/c1-8-9-10-11-12-13-14-15-16-17-18-19-20-21-22-24-34-26-27-29(41-42(6,7)33(2,3)4)30(39-5)31(40-27)36-25-23-28(37)35-32(36)38/h23,25,27,29-31,34H,8-22,24,26H2,1-7H3,(H,35,37,38)/t27-,29-,30-,31-/m1/s1. The summed E-state index contributed by atoms with van der Waals surface area (Å²) in [6.07, 6.45) is 20.1. The molecule has 1 aliphatic heterocycles. The van der Waals surface area contributed by atoms with Crippen LogP contribution in [-0.2, 0) is 13.9 Å². The Hall–Kier alpha value is -1.26. The van der Waals surface area contributed by atoms with Crippen LogP contribution in [0.4, 0.5) is 0 Å². The van der Waals surface area contributed by atoms with Crippen LogP contribution in [0.15, 0.2) is 21.9 Å². The molecular formula is C33H63N3O5Si. The van der Waals surface area contributed by atoms with Crippen molar-refractivity contribution in [2.24, 2.45) is 0 Å². The molecule has 0 spiro atoms. The second-order valence-corrected chi connectivity index (χ2v) is 18.5. The molecule has 2 N–H and O–H groups in total. The monoisotopic (exact) mass is 609 g/mol. The Kier molecular flexibility index (Phi) is 16.9. The molecule has 8 nitrogen and oxygen atoms in total. The smallest absolute Gasteiger partial charge is 0.330 e. The van der Waals surface area contributed by atoms with E-state index in [-0.39, 0.29) is 17.2 Å². The summed E-state index contributed by atoms with van der Waals surface area (Å²) in [4.78, 5) is 26.6. The van der Waals surface area contributed by atoms with E-state index in [4.69, 9.17) is 13.9 Å². The Labute approximate surface area is 256 Å². The number of rotatable bonds is 22. The first-order valence-corrected chi connectivity index (χ1v) is 19.8. The molecule has 0 radical (unpaired) electrons. The summed E-state index contributed by atoms with van der Waals surface area (Å²) in [6, 6.07) is 1.34. The average molecular weight is 610 g/mol. The number of aromatic nitrogens is 2. The molecule has 1 saturated heterocycles. The minimum Gasteiger partial charge on any atom is -0.408 e. The van der Waals surface area contributed by atoms with Crippen LogP contribution in [0.1, 0.15) is 130 Å². The largest absolute Gasteiger partial charge is 0.408 e. The van der Waals surface area contributed by atoms with E-state index in [9.17, 15) is 9.59 Å². The maximum Gasteiger partial charge on any atom is 0.330 e. The van der Waals surface area contributed by atoms with Crippen molar-refractivity contribution in [2.45, 2.75) is 167 Å². The van der Waals surface area contributed by atoms with E-state index in [1.807, 2.05) is 0 Å². The van der Waals surface area contributed by atoms with E-state index in [1.54, 1.807) is 7.11 Å². The van der Waals surface area contributed by atoms with Crippen LogP contribution in [0.25, 0.3) is 0 Å². The van der Waals surface area contributed by atoms with Crippen LogP contribution in [-0.4, -0.2) is 56.4 Å². The summed E-state index contributed by atoms with van der Waals surface area (Å²) in [6.45, 7) is 14.9. The Morgan fingerprint density at radius 1 is 0.881 bits per heavy atom. The van der Waals surface area contributed by atoms with Gasteiger partial charge in [-0.05, 0) is 31.1 Å². The van der Waals surface area contributed by atoms with E-state index in [1.165, 1.54) is 107 Å². The van der Waals surface area contributed by atoms with Gasteiger partial charge in [-0.3, -0.25) is 14.3 Å². The molecule has 1 aliphatic rings. The molecule has 2 rings (SSSR count). The summed E-state index contributed by atoms with van der Waals surface area (Å²) >= 11 is 0. The Morgan fingerprint density at radius 3 is 1.88 bits per heavy atom. The number of hydrogen-bond donors (Lipinski definition) is 2. The molecule has 0 saturated carbocycles. The minimum absolute atomic E-state index is 0.0179. The van der Waals surface area contributed by atoms with Gasteiger partial charge >= 0.3 is 5.69 Å². The molecule has 2 heterocycles. The van der Waals surface area contributed by atoms with Crippen LogP contribution in [0.2, 0.25) is 18.1 Å². The first kappa shape index (κ1) is 36.9. The number of ether oxygens (including phenoxy) is 2. The summed E-state index contributed by atoms with van der Waals surface area (Å²) < 4.78 is 20.6. The number of methoxy groups -OCH3 is 1. The molecule has 0 unspecified atom stereocenters. The van der Waals surface area contributed by atoms with Crippen molar-refractivity contribution in [3.63, 3.8) is 0 Å². The molecule has 9 heteroatoms. The van der Waals surface area contributed by atoms with Gasteiger partial charge in [0.15, 0.2) is 14.5 Å². The third kappa shape index (κ3) is 12.4. The van der Waals surface area contributed by atoms with Gasteiger partial charge in [-0.1, -0.05) is 118 Å². The molecule has 244 valence electrons. The Balaban J connectivity index is 1.74. The highest BCUT2D eigenvalue weighted by Gasteiger charge is 2.51. The van der Waals surface area contributed by atoms with Crippen molar-refractivity contribution in [3.05, 3.63) is 33.1 Å². The minimum atomic E-state index is -2.15.